The highest BCUT2D eigenvalue weighted by Crippen LogP contribution is 2.27. The van der Waals surface area contributed by atoms with Crippen LogP contribution in [0.5, 0.6) is 0 Å². The average Bonchev–Trinajstić information content (AvgIpc) is 2.86. The normalized spacial score (nSPS) is 25.1. The fourth-order valence-corrected chi connectivity index (χ4v) is 4.42. The Hall–Kier alpha value is -0.910. The predicted octanol–water partition coefficient (Wildman–Crippen LogP) is 1.93. The van der Waals surface area contributed by atoms with Crippen molar-refractivity contribution in [3.05, 3.63) is 17.5 Å². The summed E-state index contributed by atoms with van der Waals surface area (Å²) in [5.41, 5.74) is 2.47. The van der Waals surface area contributed by atoms with Gasteiger partial charge in [-0.15, -0.1) is 0 Å². The zero-order chi connectivity index (χ0) is 16.2. The number of aryl methyl sites for hydroxylation is 2. The zero-order valence-electron chi connectivity index (χ0n) is 14.7. The van der Waals surface area contributed by atoms with Crippen LogP contribution in [-0.4, -0.2) is 63.0 Å². The van der Waals surface area contributed by atoms with Gasteiger partial charge < -0.3 is 5.11 Å². The molecule has 0 radical (unpaired) electrons. The number of hydrogen-bond acceptors (Lipinski definition) is 4. The van der Waals surface area contributed by atoms with Crippen LogP contribution < -0.4 is 0 Å². The second-order valence-electron chi connectivity index (χ2n) is 7.34. The highest BCUT2D eigenvalue weighted by atomic mass is 16.3. The molecule has 2 heterocycles. The van der Waals surface area contributed by atoms with E-state index in [1.54, 1.807) is 0 Å². The average molecular weight is 320 g/mol. The molecule has 1 aliphatic carbocycles. The van der Waals surface area contributed by atoms with Gasteiger partial charge in [0, 0.05) is 63.7 Å². The number of aliphatic hydroxyl groups is 1. The molecule has 1 aromatic heterocycles. The molecule has 23 heavy (non-hydrogen) atoms. The van der Waals surface area contributed by atoms with Gasteiger partial charge >= 0.3 is 0 Å². The van der Waals surface area contributed by atoms with Crippen molar-refractivity contribution in [2.75, 3.05) is 26.2 Å². The van der Waals surface area contributed by atoms with Gasteiger partial charge in [-0.1, -0.05) is 19.3 Å². The van der Waals surface area contributed by atoms with E-state index < -0.39 is 0 Å². The molecule has 0 spiro atoms. The summed E-state index contributed by atoms with van der Waals surface area (Å²) in [5.74, 6) is 0. The van der Waals surface area contributed by atoms with Crippen LogP contribution in [0.1, 0.15) is 49.8 Å². The van der Waals surface area contributed by atoms with E-state index in [0.29, 0.717) is 12.6 Å². The summed E-state index contributed by atoms with van der Waals surface area (Å²) in [7, 11) is 1.99. The van der Waals surface area contributed by atoms with E-state index in [-0.39, 0.29) is 0 Å². The molecule has 0 unspecified atom stereocenters. The summed E-state index contributed by atoms with van der Waals surface area (Å²) in [4.78, 5) is 5.26. The number of piperazine rings is 1. The summed E-state index contributed by atoms with van der Waals surface area (Å²) < 4.78 is 1.91. The van der Waals surface area contributed by atoms with Crippen molar-refractivity contribution in [3.8, 4) is 0 Å². The molecule has 2 fully saturated rings. The van der Waals surface area contributed by atoms with E-state index in [1.807, 2.05) is 11.7 Å². The molecule has 0 aromatic carbocycles. The quantitative estimate of drug-likeness (QED) is 0.900. The van der Waals surface area contributed by atoms with Crippen LogP contribution in [0.3, 0.4) is 0 Å². The van der Waals surface area contributed by atoms with Crippen LogP contribution in [0.4, 0.5) is 0 Å². The van der Waals surface area contributed by atoms with Gasteiger partial charge in [0.05, 0.1) is 5.69 Å². The van der Waals surface area contributed by atoms with Crippen molar-refractivity contribution in [2.45, 2.75) is 64.1 Å². The van der Waals surface area contributed by atoms with E-state index in [9.17, 15) is 5.11 Å². The molecule has 1 atom stereocenters. The standard InChI is InChI=1S/C18H32N4O/c1-15-16(12-20(2)19-15)13-21-9-10-22(18(14-21)8-11-23)17-6-4-3-5-7-17/h12,17-18,23H,3-11,13-14H2,1-2H3/t18-/m1/s1. The SMILES string of the molecule is Cc1nn(C)cc1CN1CCN(C2CCCCC2)[C@H](CCO)C1. The van der Waals surface area contributed by atoms with E-state index in [2.05, 4.69) is 28.0 Å². The summed E-state index contributed by atoms with van der Waals surface area (Å²) in [5, 5.41) is 14.0. The molecule has 1 N–H and O–H groups in total. The van der Waals surface area contributed by atoms with Crippen molar-refractivity contribution in [1.29, 1.82) is 0 Å². The number of nitrogens with zero attached hydrogens (tertiary/aromatic N) is 4. The van der Waals surface area contributed by atoms with Gasteiger partial charge in [-0.3, -0.25) is 14.5 Å². The van der Waals surface area contributed by atoms with Crippen molar-refractivity contribution >= 4 is 0 Å². The van der Waals surface area contributed by atoms with Crippen LogP contribution in [0.2, 0.25) is 0 Å². The molecule has 1 aromatic rings. The van der Waals surface area contributed by atoms with Gasteiger partial charge in [0.2, 0.25) is 0 Å². The zero-order valence-corrected chi connectivity index (χ0v) is 14.7. The summed E-state index contributed by atoms with van der Waals surface area (Å²) in [6, 6.07) is 1.26. The largest absolute Gasteiger partial charge is 0.396 e. The molecule has 2 aliphatic rings. The first-order valence-corrected chi connectivity index (χ1v) is 9.25. The van der Waals surface area contributed by atoms with Crippen molar-refractivity contribution in [1.82, 2.24) is 19.6 Å². The van der Waals surface area contributed by atoms with E-state index in [0.717, 1.165) is 44.3 Å². The minimum Gasteiger partial charge on any atom is -0.396 e. The molecule has 1 saturated heterocycles. The molecular formula is C18H32N4O. The monoisotopic (exact) mass is 320 g/mol. The molecular weight excluding hydrogens is 288 g/mol. The fraction of sp³-hybridized carbons (Fsp3) is 0.833. The maximum atomic E-state index is 9.50. The molecule has 130 valence electrons. The highest BCUT2D eigenvalue weighted by molar-refractivity contribution is 5.15. The Morgan fingerprint density at radius 3 is 2.65 bits per heavy atom. The van der Waals surface area contributed by atoms with Gasteiger partial charge in [-0.25, -0.2) is 0 Å². The lowest BCUT2D eigenvalue weighted by Crippen LogP contribution is -2.56. The van der Waals surface area contributed by atoms with Crippen LogP contribution in [0.25, 0.3) is 0 Å². The third kappa shape index (κ3) is 4.14. The maximum Gasteiger partial charge on any atom is 0.0638 e. The molecule has 0 bridgehead atoms. The summed E-state index contributed by atoms with van der Waals surface area (Å²) in [6.07, 6.45) is 9.91. The lowest BCUT2D eigenvalue weighted by molar-refractivity contribution is 0.0136. The van der Waals surface area contributed by atoms with Gasteiger partial charge in [-0.05, 0) is 26.2 Å². The third-order valence-corrected chi connectivity index (χ3v) is 5.63. The van der Waals surface area contributed by atoms with Gasteiger partial charge in [-0.2, -0.15) is 5.10 Å². The molecule has 1 saturated carbocycles. The Balaban J connectivity index is 1.62. The van der Waals surface area contributed by atoms with Crippen molar-refractivity contribution in [3.63, 3.8) is 0 Å². The molecule has 5 heteroatoms. The first kappa shape index (κ1) is 16.9. The van der Waals surface area contributed by atoms with Crippen molar-refractivity contribution in [2.24, 2.45) is 7.05 Å². The van der Waals surface area contributed by atoms with Crippen LogP contribution in [0, 0.1) is 6.92 Å². The van der Waals surface area contributed by atoms with E-state index in [1.165, 1.54) is 37.7 Å². The minimum atomic E-state index is 0.299. The number of aromatic nitrogens is 2. The third-order valence-electron chi connectivity index (χ3n) is 5.63. The molecule has 0 amide bonds. The van der Waals surface area contributed by atoms with E-state index in [4.69, 9.17) is 0 Å². The number of hydrogen-bond donors (Lipinski definition) is 1. The van der Waals surface area contributed by atoms with Gasteiger partial charge in [0.15, 0.2) is 0 Å². The second-order valence-corrected chi connectivity index (χ2v) is 7.34. The van der Waals surface area contributed by atoms with Gasteiger partial charge in [0.1, 0.15) is 0 Å². The topological polar surface area (TPSA) is 44.5 Å². The fourth-order valence-electron chi connectivity index (χ4n) is 4.42. The Morgan fingerprint density at radius 2 is 2.00 bits per heavy atom. The lowest BCUT2D eigenvalue weighted by Gasteiger charge is -2.46. The predicted molar refractivity (Wildman–Crippen MR) is 92.3 cm³/mol. The lowest BCUT2D eigenvalue weighted by atomic mass is 9.91. The Kier molecular flexibility index (Phi) is 5.72. The first-order valence-electron chi connectivity index (χ1n) is 9.25. The summed E-state index contributed by atoms with van der Waals surface area (Å²) >= 11 is 0. The summed E-state index contributed by atoms with van der Waals surface area (Å²) in [6.45, 7) is 6.74. The first-order chi connectivity index (χ1) is 11.2. The van der Waals surface area contributed by atoms with Crippen LogP contribution in [-0.2, 0) is 13.6 Å². The van der Waals surface area contributed by atoms with Crippen molar-refractivity contribution < 1.29 is 5.11 Å². The number of rotatable bonds is 5. The second kappa shape index (κ2) is 7.77. The Labute approximate surface area is 140 Å². The highest BCUT2D eigenvalue weighted by Gasteiger charge is 2.32. The maximum absolute atomic E-state index is 9.50. The Morgan fingerprint density at radius 1 is 1.22 bits per heavy atom. The molecule has 5 nitrogen and oxygen atoms in total. The number of aliphatic hydroxyl groups excluding tert-OH is 1. The van der Waals surface area contributed by atoms with Gasteiger partial charge in [0.25, 0.3) is 0 Å². The molecule has 3 rings (SSSR count). The Bertz CT molecular complexity index is 495. The molecule has 1 aliphatic heterocycles. The van der Waals surface area contributed by atoms with E-state index >= 15 is 0 Å². The minimum absolute atomic E-state index is 0.299. The van der Waals surface area contributed by atoms with Crippen LogP contribution >= 0.6 is 0 Å². The smallest absolute Gasteiger partial charge is 0.0638 e. The van der Waals surface area contributed by atoms with Crippen LogP contribution in [0.15, 0.2) is 6.20 Å².